The van der Waals surface area contributed by atoms with Crippen molar-refractivity contribution in [2.75, 3.05) is 6.61 Å². The third-order valence-corrected chi connectivity index (χ3v) is 3.16. The number of halogens is 4. The Labute approximate surface area is 129 Å². The quantitative estimate of drug-likeness (QED) is 0.778. The van der Waals surface area contributed by atoms with E-state index < -0.39 is 12.5 Å². The lowest BCUT2D eigenvalue weighted by Crippen LogP contribution is -2.33. The average Bonchev–Trinajstić information content (AvgIpc) is 2.54. The second-order valence-electron chi connectivity index (χ2n) is 4.81. The highest BCUT2D eigenvalue weighted by Gasteiger charge is 2.44. The fraction of sp³-hybridized carbons (Fsp3) is 0.188. The molecule has 0 saturated heterocycles. The standard InChI is InChI=1S/C16H11F4NO2/c17-15(18)16(19,20)23-11-5-3-4-10(8-11)13-9-22-14-7-2-1-6-12(14)21-13/h1-8,15H,9H2. The van der Waals surface area contributed by atoms with Crippen molar-refractivity contribution in [1.82, 2.24) is 0 Å². The zero-order valence-electron chi connectivity index (χ0n) is 11.7. The van der Waals surface area contributed by atoms with E-state index in [1.165, 1.54) is 18.2 Å². The molecule has 0 fully saturated rings. The van der Waals surface area contributed by atoms with Gasteiger partial charge in [-0.1, -0.05) is 24.3 Å². The van der Waals surface area contributed by atoms with Gasteiger partial charge in [0.1, 0.15) is 23.8 Å². The molecule has 0 atom stereocenters. The lowest BCUT2D eigenvalue weighted by Gasteiger charge is -2.19. The van der Waals surface area contributed by atoms with Crippen molar-refractivity contribution in [1.29, 1.82) is 0 Å². The summed E-state index contributed by atoms with van der Waals surface area (Å²) in [6.45, 7) is 0.145. The van der Waals surface area contributed by atoms with Crippen molar-refractivity contribution < 1.29 is 27.0 Å². The van der Waals surface area contributed by atoms with Gasteiger partial charge in [0, 0.05) is 5.56 Å². The Bertz CT molecular complexity index is 746. The van der Waals surface area contributed by atoms with E-state index in [0.29, 0.717) is 22.7 Å². The first-order valence-electron chi connectivity index (χ1n) is 6.70. The van der Waals surface area contributed by atoms with E-state index in [-0.39, 0.29) is 12.4 Å². The van der Waals surface area contributed by atoms with E-state index in [1.54, 1.807) is 30.3 Å². The summed E-state index contributed by atoms with van der Waals surface area (Å²) in [4.78, 5) is 4.39. The fourth-order valence-electron chi connectivity index (χ4n) is 2.08. The molecule has 1 heterocycles. The molecule has 23 heavy (non-hydrogen) atoms. The zero-order valence-corrected chi connectivity index (χ0v) is 11.7. The maximum Gasteiger partial charge on any atom is 0.461 e. The zero-order chi connectivity index (χ0) is 16.4. The van der Waals surface area contributed by atoms with Crippen LogP contribution in [0.2, 0.25) is 0 Å². The highest BCUT2D eigenvalue weighted by molar-refractivity contribution is 6.04. The third-order valence-electron chi connectivity index (χ3n) is 3.16. The van der Waals surface area contributed by atoms with Crippen molar-refractivity contribution in [2.24, 2.45) is 4.99 Å². The van der Waals surface area contributed by atoms with Gasteiger partial charge in [0.15, 0.2) is 0 Å². The largest absolute Gasteiger partial charge is 0.485 e. The van der Waals surface area contributed by atoms with Gasteiger partial charge in [0.2, 0.25) is 0 Å². The number of aliphatic imine (C=N–C) groups is 1. The number of rotatable bonds is 4. The number of alkyl halides is 4. The SMILES string of the molecule is FC(F)C(F)(F)Oc1cccc(C2=Nc3ccccc3OC2)c1. The van der Waals surface area contributed by atoms with Gasteiger partial charge >= 0.3 is 12.5 Å². The van der Waals surface area contributed by atoms with Crippen molar-refractivity contribution in [3.8, 4) is 11.5 Å². The van der Waals surface area contributed by atoms with Crippen molar-refractivity contribution in [3.05, 3.63) is 54.1 Å². The van der Waals surface area contributed by atoms with Crippen LogP contribution >= 0.6 is 0 Å². The van der Waals surface area contributed by atoms with Gasteiger partial charge < -0.3 is 9.47 Å². The van der Waals surface area contributed by atoms with Crippen molar-refractivity contribution in [3.63, 3.8) is 0 Å². The van der Waals surface area contributed by atoms with Gasteiger partial charge in [-0.15, -0.1) is 0 Å². The Morgan fingerprint density at radius 2 is 1.87 bits per heavy atom. The molecule has 0 aliphatic carbocycles. The predicted octanol–water partition coefficient (Wildman–Crippen LogP) is 4.44. The predicted molar refractivity (Wildman–Crippen MR) is 76.2 cm³/mol. The maximum atomic E-state index is 13.0. The number of para-hydroxylation sites is 2. The van der Waals surface area contributed by atoms with E-state index in [2.05, 4.69) is 9.73 Å². The molecule has 0 spiro atoms. The molecule has 0 N–H and O–H groups in total. The van der Waals surface area contributed by atoms with E-state index in [4.69, 9.17) is 4.74 Å². The maximum absolute atomic E-state index is 13.0. The van der Waals surface area contributed by atoms with Gasteiger partial charge in [0.25, 0.3) is 0 Å². The molecule has 0 bridgehead atoms. The van der Waals surface area contributed by atoms with Crippen LogP contribution < -0.4 is 9.47 Å². The van der Waals surface area contributed by atoms with Crippen LogP contribution in [0.15, 0.2) is 53.5 Å². The van der Waals surface area contributed by atoms with Crippen LogP contribution in [0, 0.1) is 0 Å². The van der Waals surface area contributed by atoms with Crippen LogP contribution in [-0.4, -0.2) is 24.9 Å². The Morgan fingerprint density at radius 1 is 1.09 bits per heavy atom. The third kappa shape index (κ3) is 3.28. The smallest absolute Gasteiger partial charge is 0.461 e. The van der Waals surface area contributed by atoms with Crippen molar-refractivity contribution >= 4 is 11.4 Å². The first kappa shape index (κ1) is 15.3. The Balaban J connectivity index is 1.88. The molecule has 3 nitrogen and oxygen atoms in total. The van der Waals surface area contributed by atoms with Gasteiger partial charge in [-0.05, 0) is 24.3 Å². The van der Waals surface area contributed by atoms with Crippen LogP contribution in [0.25, 0.3) is 0 Å². The lowest BCUT2D eigenvalue weighted by molar-refractivity contribution is -0.253. The highest BCUT2D eigenvalue weighted by atomic mass is 19.3. The van der Waals surface area contributed by atoms with Crippen LogP contribution in [0.4, 0.5) is 23.2 Å². The van der Waals surface area contributed by atoms with Gasteiger partial charge in [-0.25, -0.2) is 4.99 Å². The molecule has 0 aromatic heterocycles. The molecule has 0 radical (unpaired) electrons. The van der Waals surface area contributed by atoms with Crippen LogP contribution in [-0.2, 0) is 0 Å². The number of fused-ring (bicyclic) bond motifs is 1. The van der Waals surface area contributed by atoms with E-state index >= 15 is 0 Å². The summed E-state index contributed by atoms with van der Waals surface area (Å²) in [6, 6.07) is 12.6. The summed E-state index contributed by atoms with van der Waals surface area (Å²) in [7, 11) is 0. The van der Waals surface area contributed by atoms with Crippen LogP contribution in [0.3, 0.4) is 0 Å². The average molecular weight is 325 g/mol. The molecule has 1 aliphatic heterocycles. The minimum atomic E-state index is -4.55. The van der Waals surface area contributed by atoms with E-state index in [9.17, 15) is 17.6 Å². The molecule has 0 amide bonds. The van der Waals surface area contributed by atoms with E-state index in [1.807, 2.05) is 0 Å². The summed E-state index contributed by atoms with van der Waals surface area (Å²) < 4.78 is 60.0. The normalized spacial score (nSPS) is 14.0. The first-order chi connectivity index (χ1) is 11.0. The van der Waals surface area contributed by atoms with Gasteiger partial charge in [-0.2, -0.15) is 17.6 Å². The summed E-state index contributed by atoms with van der Waals surface area (Å²) in [5.74, 6) is 0.252. The summed E-state index contributed by atoms with van der Waals surface area (Å²) in [5, 5.41) is 0. The minimum Gasteiger partial charge on any atom is -0.485 e. The Kier molecular flexibility index (Phi) is 3.94. The first-order valence-corrected chi connectivity index (χ1v) is 6.70. The number of ether oxygens (including phenoxy) is 2. The highest BCUT2D eigenvalue weighted by Crippen LogP contribution is 2.32. The van der Waals surface area contributed by atoms with E-state index in [0.717, 1.165) is 0 Å². The van der Waals surface area contributed by atoms with Gasteiger partial charge in [-0.3, -0.25) is 0 Å². The Morgan fingerprint density at radius 3 is 2.65 bits per heavy atom. The lowest BCUT2D eigenvalue weighted by atomic mass is 10.1. The molecular weight excluding hydrogens is 314 g/mol. The molecule has 120 valence electrons. The number of benzene rings is 2. The van der Waals surface area contributed by atoms with Gasteiger partial charge in [0.05, 0.1) is 5.71 Å². The van der Waals surface area contributed by atoms with Crippen LogP contribution in [0.5, 0.6) is 11.5 Å². The topological polar surface area (TPSA) is 30.8 Å². The molecular formula is C16H11F4NO2. The molecule has 0 saturated carbocycles. The summed E-state index contributed by atoms with van der Waals surface area (Å²) >= 11 is 0. The number of nitrogens with zero attached hydrogens (tertiary/aromatic N) is 1. The van der Waals surface area contributed by atoms with Crippen LogP contribution in [0.1, 0.15) is 5.56 Å². The number of hydrogen-bond acceptors (Lipinski definition) is 3. The van der Waals surface area contributed by atoms with Crippen molar-refractivity contribution in [2.45, 2.75) is 12.5 Å². The number of hydrogen-bond donors (Lipinski definition) is 0. The molecule has 1 aliphatic rings. The summed E-state index contributed by atoms with van der Waals surface area (Å²) in [5.41, 5.74) is 1.56. The molecule has 2 aromatic rings. The molecule has 7 heteroatoms. The summed E-state index contributed by atoms with van der Waals surface area (Å²) in [6.07, 6.45) is -8.45. The second-order valence-corrected chi connectivity index (χ2v) is 4.81. The monoisotopic (exact) mass is 325 g/mol. The second kappa shape index (κ2) is 5.91. The minimum absolute atomic E-state index is 0.145. The molecule has 3 rings (SSSR count). The molecule has 2 aromatic carbocycles. The Hall–Kier alpha value is -2.57. The fourth-order valence-corrected chi connectivity index (χ4v) is 2.08. The molecule has 0 unspecified atom stereocenters.